The van der Waals surface area contributed by atoms with Crippen LogP contribution in [0, 0.1) is 0 Å². The van der Waals surface area contributed by atoms with Crippen LogP contribution < -0.4 is 10.6 Å². The van der Waals surface area contributed by atoms with Crippen LogP contribution >= 0.6 is 15.2 Å². The van der Waals surface area contributed by atoms with Crippen LogP contribution in [0.4, 0.5) is 0 Å². The highest BCUT2D eigenvalue weighted by Crippen LogP contribution is 2.51. The lowest BCUT2D eigenvalue weighted by molar-refractivity contribution is 0.228. The van der Waals surface area contributed by atoms with Crippen molar-refractivity contribution in [2.24, 2.45) is 0 Å². The Hall–Kier alpha value is -1.66. The van der Waals surface area contributed by atoms with E-state index in [2.05, 4.69) is 0 Å². The first-order valence-corrected chi connectivity index (χ1v) is 14.0. The van der Waals surface area contributed by atoms with Gasteiger partial charge in [0.2, 0.25) is 0 Å². The van der Waals surface area contributed by atoms with Gasteiger partial charge in [0.1, 0.15) is 22.1 Å². The molecule has 0 bridgehead atoms. The summed E-state index contributed by atoms with van der Waals surface area (Å²) in [5, 5.41) is 21.0. The van der Waals surface area contributed by atoms with Gasteiger partial charge in [-0.3, -0.25) is 9.13 Å². The molecule has 0 amide bonds. The molecule has 2 aromatic rings. The molecule has 2 aromatic carbocycles. The molecule has 0 atom stereocenters. The van der Waals surface area contributed by atoms with Gasteiger partial charge in [0.05, 0.1) is 26.4 Å². The molecule has 0 saturated carbocycles. The lowest BCUT2D eigenvalue weighted by Crippen LogP contribution is -2.24. The van der Waals surface area contributed by atoms with Crippen LogP contribution in [0.2, 0.25) is 0 Å². The summed E-state index contributed by atoms with van der Waals surface area (Å²) in [7, 11) is -7.47. The van der Waals surface area contributed by atoms with Gasteiger partial charge in [0.25, 0.3) is 0 Å². The van der Waals surface area contributed by atoms with Gasteiger partial charge in [-0.15, -0.1) is 0 Å². The minimum absolute atomic E-state index is 0.0741. The summed E-state index contributed by atoms with van der Waals surface area (Å²) >= 11 is 0. The zero-order valence-electron chi connectivity index (χ0n) is 20.0. The van der Waals surface area contributed by atoms with Crippen molar-refractivity contribution in [2.45, 2.75) is 47.0 Å². The van der Waals surface area contributed by atoms with Crippen molar-refractivity contribution in [3.05, 3.63) is 47.5 Å². The zero-order chi connectivity index (χ0) is 24.9. The van der Waals surface area contributed by atoms with Crippen LogP contribution in [-0.4, -0.2) is 36.6 Å². The minimum Gasteiger partial charge on any atom is -0.507 e. The Bertz CT molecular complexity index is 949. The molecular formula is C23H34O8P2. The normalized spacial score (nSPS) is 12.8. The summed E-state index contributed by atoms with van der Waals surface area (Å²) in [6.45, 7) is 11.2. The van der Waals surface area contributed by atoms with E-state index in [1.165, 1.54) is 12.1 Å². The molecular weight excluding hydrogens is 466 g/mol. The van der Waals surface area contributed by atoms with E-state index in [4.69, 9.17) is 18.1 Å². The monoisotopic (exact) mass is 500 g/mol. The molecule has 0 heterocycles. The summed E-state index contributed by atoms with van der Waals surface area (Å²) in [6, 6.07) is 9.50. The Balaban J connectivity index is 2.63. The van der Waals surface area contributed by atoms with Crippen molar-refractivity contribution in [3.63, 3.8) is 0 Å². The molecule has 0 aliphatic rings. The maximum absolute atomic E-state index is 13.3. The van der Waals surface area contributed by atoms with E-state index < -0.39 is 20.6 Å². The molecule has 0 fully saturated rings. The number of hydrogen-bond acceptors (Lipinski definition) is 8. The molecule has 0 aliphatic carbocycles. The van der Waals surface area contributed by atoms with Gasteiger partial charge in [0.15, 0.2) is 0 Å². The molecule has 2 N–H and O–H groups in total. The van der Waals surface area contributed by atoms with Crippen LogP contribution in [0.15, 0.2) is 36.4 Å². The first-order valence-electron chi connectivity index (χ1n) is 10.9. The van der Waals surface area contributed by atoms with Crippen molar-refractivity contribution < 1.29 is 37.4 Å². The largest absolute Gasteiger partial charge is 0.507 e. The molecule has 0 radical (unpaired) electrons. The molecule has 0 saturated heterocycles. The number of hydrogen-bond donors (Lipinski definition) is 2. The summed E-state index contributed by atoms with van der Waals surface area (Å²) in [4.78, 5) is 0. The molecule has 0 aromatic heterocycles. The molecule has 184 valence electrons. The van der Waals surface area contributed by atoms with Crippen LogP contribution in [0.25, 0.3) is 0 Å². The van der Waals surface area contributed by atoms with Gasteiger partial charge >= 0.3 is 15.2 Å². The number of phenolic OH excluding ortho intramolecular Hbond substituents is 2. The molecule has 33 heavy (non-hydrogen) atoms. The third kappa shape index (κ3) is 5.89. The number of benzene rings is 2. The van der Waals surface area contributed by atoms with E-state index in [0.717, 1.165) is 0 Å². The Morgan fingerprint density at radius 3 is 1.24 bits per heavy atom. The van der Waals surface area contributed by atoms with E-state index in [9.17, 15) is 19.3 Å². The predicted octanol–water partition coefficient (Wildman–Crippen LogP) is 5.21. The highest BCUT2D eigenvalue weighted by Gasteiger charge is 2.35. The Morgan fingerprint density at radius 1 is 0.667 bits per heavy atom. The van der Waals surface area contributed by atoms with Gasteiger partial charge in [0, 0.05) is 5.41 Å². The fourth-order valence-electron chi connectivity index (χ4n) is 3.46. The SMILES string of the molecule is CCOP(=O)(OCC)c1cc(C(C)(C)c2ccc(O)c(P(=O)(OCC)OCC)c2)ccc1O. The van der Waals surface area contributed by atoms with Crippen molar-refractivity contribution in [1.29, 1.82) is 0 Å². The van der Waals surface area contributed by atoms with Crippen molar-refractivity contribution in [2.75, 3.05) is 26.4 Å². The fraction of sp³-hybridized carbons (Fsp3) is 0.478. The molecule has 0 aliphatic heterocycles. The van der Waals surface area contributed by atoms with Crippen molar-refractivity contribution in [1.82, 2.24) is 0 Å². The summed E-state index contributed by atoms with van der Waals surface area (Å²) in [6.07, 6.45) is 0. The van der Waals surface area contributed by atoms with E-state index >= 15 is 0 Å². The van der Waals surface area contributed by atoms with Crippen molar-refractivity contribution in [3.8, 4) is 11.5 Å². The number of aromatic hydroxyl groups is 2. The van der Waals surface area contributed by atoms with E-state index in [1.807, 2.05) is 13.8 Å². The predicted molar refractivity (Wildman–Crippen MR) is 129 cm³/mol. The second-order valence-electron chi connectivity index (χ2n) is 7.70. The van der Waals surface area contributed by atoms with Crippen molar-refractivity contribution >= 4 is 25.8 Å². The third-order valence-electron chi connectivity index (χ3n) is 5.18. The van der Waals surface area contributed by atoms with Gasteiger partial charge in [-0.05, 0) is 63.1 Å². The molecule has 8 nitrogen and oxygen atoms in total. The van der Waals surface area contributed by atoms with Gasteiger partial charge < -0.3 is 28.3 Å². The summed E-state index contributed by atoms with van der Waals surface area (Å²) in [5.41, 5.74) is 0.695. The highest BCUT2D eigenvalue weighted by molar-refractivity contribution is 7.62. The molecule has 0 spiro atoms. The zero-order valence-corrected chi connectivity index (χ0v) is 21.8. The lowest BCUT2D eigenvalue weighted by atomic mass is 9.78. The molecule has 10 heteroatoms. The average molecular weight is 500 g/mol. The lowest BCUT2D eigenvalue weighted by Gasteiger charge is -2.29. The van der Waals surface area contributed by atoms with Gasteiger partial charge in [-0.2, -0.15) is 0 Å². The summed E-state index contributed by atoms with van der Waals surface area (Å²) in [5.74, 6) is -0.383. The van der Waals surface area contributed by atoms with E-state index in [-0.39, 0.29) is 48.5 Å². The fourth-order valence-corrected chi connectivity index (χ4v) is 6.83. The minimum atomic E-state index is -3.73. The van der Waals surface area contributed by atoms with Gasteiger partial charge in [-0.1, -0.05) is 26.0 Å². The second-order valence-corrected chi connectivity index (χ2v) is 11.7. The Labute approximate surface area is 195 Å². The smallest absolute Gasteiger partial charge is 0.365 e. The number of phenols is 2. The second kappa shape index (κ2) is 11.2. The quantitative estimate of drug-likeness (QED) is 0.382. The van der Waals surface area contributed by atoms with E-state index in [1.54, 1.807) is 52.0 Å². The topological polar surface area (TPSA) is 112 Å². The molecule has 0 unspecified atom stereocenters. The maximum atomic E-state index is 13.3. The average Bonchev–Trinajstić information content (AvgIpc) is 2.74. The van der Waals surface area contributed by atoms with Gasteiger partial charge in [-0.25, -0.2) is 0 Å². The van der Waals surface area contributed by atoms with Crippen LogP contribution in [0.5, 0.6) is 11.5 Å². The number of rotatable bonds is 12. The van der Waals surface area contributed by atoms with Crippen LogP contribution in [-0.2, 0) is 32.6 Å². The van der Waals surface area contributed by atoms with E-state index in [0.29, 0.717) is 11.1 Å². The molecule has 2 rings (SSSR count). The Morgan fingerprint density at radius 2 is 0.970 bits per heavy atom. The Kier molecular flexibility index (Phi) is 9.34. The third-order valence-corrected chi connectivity index (χ3v) is 9.47. The highest BCUT2D eigenvalue weighted by atomic mass is 31.2. The first-order chi connectivity index (χ1) is 15.5. The van der Waals surface area contributed by atoms with Crippen LogP contribution in [0.1, 0.15) is 52.7 Å². The maximum Gasteiger partial charge on any atom is 0.365 e. The van der Waals surface area contributed by atoms with Crippen LogP contribution in [0.3, 0.4) is 0 Å². The first kappa shape index (κ1) is 27.6. The standard InChI is InChI=1S/C23H34O8P2/c1-7-28-32(26,29-8-2)21-15-17(11-13-19(21)24)23(5,6)18-12-14-20(25)22(16-18)33(27,30-9-3)31-10-4/h11-16,24-25H,7-10H2,1-6H3. The summed E-state index contributed by atoms with van der Waals surface area (Å²) < 4.78 is 48.3.